The smallest absolute Gasteiger partial charge is 0.410 e. The van der Waals surface area contributed by atoms with Crippen molar-refractivity contribution < 1.29 is 24.5 Å². The molecule has 1 amide bonds. The number of benzene rings is 1. The monoisotopic (exact) mass is 267 g/mol. The average molecular weight is 267 g/mol. The molecule has 104 valence electrons. The van der Waals surface area contributed by atoms with Crippen molar-refractivity contribution in [3.63, 3.8) is 0 Å². The first-order chi connectivity index (χ1) is 8.93. The molecule has 0 bridgehead atoms. The summed E-state index contributed by atoms with van der Waals surface area (Å²) in [6.45, 7) is 1.36. The van der Waals surface area contributed by atoms with Gasteiger partial charge in [-0.2, -0.15) is 0 Å². The van der Waals surface area contributed by atoms with E-state index in [-0.39, 0.29) is 6.61 Å². The summed E-state index contributed by atoms with van der Waals surface area (Å²) in [5, 5.41) is 18.3. The number of ether oxygens (including phenoxy) is 1. The Hall–Kier alpha value is -2.08. The summed E-state index contributed by atoms with van der Waals surface area (Å²) in [6.07, 6.45) is -1.98. The quantitative estimate of drug-likeness (QED) is 0.833. The zero-order valence-corrected chi connectivity index (χ0v) is 10.8. The molecule has 0 aliphatic rings. The minimum Gasteiger partial charge on any atom is -0.480 e. The molecule has 6 nitrogen and oxygen atoms in total. The zero-order valence-electron chi connectivity index (χ0n) is 10.8. The summed E-state index contributed by atoms with van der Waals surface area (Å²) in [5.74, 6) is -1.28. The van der Waals surface area contributed by atoms with Gasteiger partial charge in [-0.3, -0.25) is 4.90 Å². The highest BCUT2D eigenvalue weighted by Gasteiger charge is 2.31. The number of amides is 1. The second-order valence-electron chi connectivity index (χ2n) is 4.17. The SMILES string of the molecule is CC(O)[C@@H](C(=O)O)N(C)C(=O)OCc1ccccc1. The van der Waals surface area contributed by atoms with Crippen LogP contribution in [0.3, 0.4) is 0 Å². The first-order valence-electron chi connectivity index (χ1n) is 5.78. The van der Waals surface area contributed by atoms with Gasteiger partial charge >= 0.3 is 12.1 Å². The number of hydrogen-bond acceptors (Lipinski definition) is 4. The fourth-order valence-corrected chi connectivity index (χ4v) is 1.63. The Kier molecular flexibility index (Phi) is 5.32. The molecule has 1 aromatic rings. The van der Waals surface area contributed by atoms with Crippen molar-refractivity contribution in [3.8, 4) is 0 Å². The lowest BCUT2D eigenvalue weighted by Gasteiger charge is -2.26. The molecular formula is C13H17NO5. The van der Waals surface area contributed by atoms with Crippen molar-refractivity contribution in [1.82, 2.24) is 4.90 Å². The predicted octanol–water partition coefficient (Wildman–Crippen LogP) is 1.09. The van der Waals surface area contributed by atoms with Gasteiger partial charge in [0.15, 0.2) is 6.04 Å². The van der Waals surface area contributed by atoms with Crippen LogP contribution in [0.5, 0.6) is 0 Å². The van der Waals surface area contributed by atoms with E-state index in [2.05, 4.69) is 0 Å². The number of hydrogen-bond donors (Lipinski definition) is 2. The summed E-state index contributed by atoms with van der Waals surface area (Å²) in [6, 6.07) is 7.70. The van der Waals surface area contributed by atoms with Gasteiger partial charge in [0, 0.05) is 7.05 Å². The van der Waals surface area contributed by atoms with Crippen LogP contribution in [0.15, 0.2) is 30.3 Å². The summed E-state index contributed by atoms with van der Waals surface area (Å²) in [7, 11) is 1.28. The highest BCUT2D eigenvalue weighted by molar-refractivity contribution is 5.80. The van der Waals surface area contributed by atoms with Crippen LogP contribution in [0.4, 0.5) is 4.79 Å². The standard InChI is InChI=1S/C13H17NO5/c1-9(15)11(12(16)17)14(2)13(18)19-8-10-6-4-3-5-7-10/h3-7,9,11,15H,8H2,1-2H3,(H,16,17)/t9?,11-/m0/s1. The van der Waals surface area contributed by atoms with E-state index >= 15 is 0 Å². The number of likely N-dealkylation sites (N-methyl/N-ethyl adjacent to an activating group) is 1. The van der Waals surface area contributed by atoms with Crippen LogP contribution in [-0.4, -0.2) is 46.4 Å². The maximum atomic E-state index is 11.7. The van der Waals surface area contributed by atoms with Crippen LogP contribution < -0.4 is 0 Å². The Bertz CT molecular complexity index is 432. The molecule has 0 aliphatic carbocycles. The van der Waals surface area contributed by atoms with E-state index in [0.717, 1.165) is 10.5 Å². The molecule has 1 rings (SSSR count). The Labute approximate surface area is 111 Å². The van der Waals surface area contributed by atoms with E-state index in [1.807, 2.05) is 18.2 Å². The fraction of sp³-hybridized carbons (Fsp3) is 0.385. The van der Waals surface area contributed by atoms with Crippen molar-refractivity contribution >= 4 is 12.1 Å². The van der Waals surface area contributed by atoms with Gasteiger partial charge in [0.2, 0.25) is 0 Å². The molecule has 19 heavy (non-hydrogen) atoms. The van der Waals surface area contributed by atoms with Gasteiger partial charge in [0.1, 0.15) is 6.61 Å². The zero-order chi connectivity index (χ0) is 14.4. The number of carboxylic acids is 1. The van der Waals surface area contributed by atoms with Gasteiger partial charge in [0.25, 0.3) is 0 Å². The van der Waals surface area contributed by atoms with E-state index in [4.69, 9.17) is 9.84 Å². The van der Waals surface area contributed by atoms with Crippen LogP contribution in [0.2, 0.25) is 0 Å². The lowest BCUT2D eigenvalue weighted by atomic mass is 10.1. The molecule has 0 fully saturated rings. The second kappa shape index (κ2) is 6.75. The number of aliphatic carboxylic acids is 1. The Balaban J connectivity index is 2.59. The molecule has 0 heterocycles. The van der Waals surface area contributed by atoms with Gasteiger partial charge in [-0.15, -0.1) is 0 Å². The largest absolute Gasteiger partial charge is 0.480 e. The van der Waals surface area contributed by atoms with Crippen molar-refractivity contribution in [2.75, 3.05) is 7.05 Å². The lowest BCUT2D eigenvalue weighted by Crippen LogP contribution is -2.48. The number of nitrogens with zero attached hydrogens (tertiary/aromatic N) is 1. The van der Waals surface area contributed by atoms with Crippen molar-refractivity contribution in [2.24, 2.45) is 0 Å². The minimum atomic E-state index is -1.33. The number of carbonyl (C=O) groups excluding carboxylic acids is 1. The van der Waals surface area contributed by atoms with Gasteiger partial charge in [-0.1, -0.05) is 30.3 Å². The van der Waals surface area contributed by atoms with Gasteiger partial charge in [0.05, 0.1) is 6.10 Å². The third-order valence-electron chi connectivity index (χ3n) is 2.62. The average Bonchev–Trinajstić information content (AvgIpc) is 2.36. The molecule has 2 atom stereocenters. The third-order valence-corrected chi connectivity index (χ3v) is 2.62. The van der Waals surface area contributed by atoms with E-state index in [1.54, 1.807) is 12.1 Å². The normalized spacial score (nSPS) is 13.4. The summed E-state index contributed by atoms with van der Waals surface area (Å²) in [4.78, 5) is 23.5. The van der Waals surface area contributed by atoms with Gasteiger partial charge < -0.3 is 14.9 Å². The Morgan fingerprint density at radius 1 is 1.32 bits per heavy atom. The van der Waals surface area contributed by atoms with Gasteiger partial charge in [-0.05, 0) is 12.5 Å². The number of rotatable bonds is 5. The van der Waals surface area contributed by atoms with Crippen molar-refractivity contribution in [2.45, 2.75) is 25.7 Å². The molecule has 0 spiro atoms. The molecule has 0 aromatic heterocycles. The van der Waals surface area contributed by atoms with E-state index in [1.165, 1.54) is 14.0 Å². The van der Waals surface area contributed by atoms with Crippen molar-refractivity contribution in [1.29, 1.82) is 0 Å². The van der Waals surface area contributed by atoms with E-state index in [0.29, 0.717) is 0 Å². The van der Waals surface area contributed by atoms with E-state index in [9.17, 15) is 14.7 Å². The molecule has 1 unspecified atom stereocenters. The number of aliphatic hydroxyl groups is 1. The second-order valence-corrected chi connectivity index (χ2v) is 4.17. The molecule has 6 heteroatoms. The van der Waals surface area contributed by atoms with Crippen LogP contribution in [0.25, 0.3) is 0 Å². The first-order valence-corrected chi connectivity index (χ1v) is 5.78. The highest BCUT2D eigenvalue weighted by atomic mass is 16.6. The predicted molar refractivity (Wildman–Crippen MR) is 67.5 cm³/mol. The van der Waals surface area contributed by atoms with Gasteiger partial charge in [-0.25, -0.2) is 9.59 Å². The molecule has 0 aliphatic heterocycles. The summed E-state index contributed by atoms with van der Waals surface area (Å²) in [5.41, 5.74) is 0.799. The third kappa shape index (κ3) is 4.26. The maximum absolute atomic E-state index is 11.7. The molecule has 0 saturated heterocycles. The number of carbonyl (C=O) groups is 2. The van der Waals surface area contributed by atoms with Crippen LogP contribution in [-0.2, 0) is 16.1 Å². The van der Waals surface area contributed by atoms with Crippen LogP contribution in [0.1, 0.15) is 12.5 Å². The minimum absolute atomic E-state index is 0.0517. The summed E-state index contributed by atoms with van der Waals surface area (Å²) >= 11 is 0. The summed E-state index contributed by atoms with van der Waals surface area (Å²) < 4.78 is 4.98. The molecule has 1 aromatic carbocycles. The first kappa shape index (κ1) is 15.0. The molecular weight excluding hydrogens is 250 g/mol. The number of aliphatic hydroxyl groups excluding tert-OH is 1. The lowest BCUT2D eigenvalue weighted by molar-refractivity contribution is -0.146. The van der Waals surface area contributed by atoms with E-state index < -0.39 is 24.2 Å². The fourth-order valence-electron chi connectivity index (χ4n) is 1.63. The van der Waals surface area contributed by atoms with Crippen molar-refractivity contribution in [3.05, 3.63) is 35.9 Å². The molecule has 0 saturated carbocycles. The highest BCUT2D eigenvalue weighted by Crippen LogP contribution is 2.07. The van der Waals surface area contributed by atoms with Crippen LogP contribution >= 0.6 is 0 Å². The molecule has 0 radical (unpaired) electrons. The topological polar surface area (TPSA) is 87.1 Å². The Morgan fingerprint density at radius 3 is 2.37 bits per heavy atom. The van der Waals surface area contributed by atoms with Crippen LogP contribution in [0, 0.1) is 0 Å². The number of carboxylic acid groups (broad SMARTS) is 1. The molecule has 2 N–H and O–H groups in total. The Morgan fingerprint density at radius 2 is 1.89 bits per heavy atom. The maximum Gasteiger partial charge on any atom is 0.410 e.